The van der Waals surface area contributed by atoms with Crippen LogP contribution in [0.3, 0.4) is 0 Å². The van der Waals surface area contributed by atoms with Gasteiger partial charge < -0.3 is 14.9 Å². The lowest BCUT2D eigenvalue weighted by Gasteiger charge is -2.38. The third-order valence-corrected chi connectivity index (χ3v) is 4.93. The normalized spacial score (nSPS) is 28.7. The molecule has 0 aromatic rings. The summed E-state index contributed by atoms with van der Waals surface area (Å²) in [4.78, 5) is 39.7. The zero-order valence-corrected chi connectivity index (χ0v) is 13.5. The van der Waals surface area contributed by atoms with Crippen LogP contribution in [0.5, 0.6) is 0 Å². The lowest BCUT2D eigenvalue weighted by Crippen LogP contribution is -2.54. The van der Waals surface area contributed by atoms with Crippen molar-refractivity contribution in [3.05, 3.63) is 0 Å². The molecule has 2 rings (SSSR count). The van der Waals surface area contributed by atoms with Crippen molar-refractivity contribution in [2.24, 2.45) is 5.92 Å². The van der Waals surface area contributed by atoms with E-state index >= 15 is 0 Å². The minimum absolute atomic E-state index is 0.0437. The first kappa shape index (κ1) is 16.8. The standard InChI is InChI=1S/C16H26N2O4/c1-3-6-14(19)18-9-5-4-7-13(18)15(20)17-10-8-12(11(17)2)16(21)22/h11-13H,3-10H2,1-2H3,(H,21,22). The van der Waals surface area contributed by atoms with Crippen molar-refractivity contribution in [3.63, 3.8) is 0 Å². The van der Waals surface area contributed by atoms with E-state index in [1.807, 2.05) is 6.92 Å². The highest BCUT2D eigenvalue weighted by molar-refractivity contribution is 5.89. The Bertz CT molecular complexity index is 451. The van der Waals surface area contributed by atoms with Gasteiger partial charge >= 0.3 is 5.97 Å². The smallest absolute Gasteiger partial charge is 0.308 e. The molecule has 0 radical (unpaired) electrons. The van der Waals surface area contributed by atoms with Crippen LogP contribution in [0, 0.1) is 5.92 Å². The monoisotopic (exact) mass is 310 g/mol. The summed E-state index contributed by atoms with van der Waals surface area (Å²) in [6.07, 6.45) is 4.31. The number of hydrogen-bond acceptors (Lipinski definition) is 3. The van der Waals surface area contributed by atoms with Crippen LogP contribution < -0.4 is 0 Å². The first-order valence-electron chi connectivity index (χ1n) is 8.30. The second-order valence-corrected chi connectivity index (χ2v) is 6.35. The molecule has 1 N–H and O–H groups in total. The maximum absolute atomic E-state index is 12.8. The van der Waals surface area contributed by atoms with Crippen molar-refractivity contribution in [2.45, 2.75) is 64.5 Å². The van der Waals surface area contributed by atoms with E-state index in [4.69, 9.17) is 0 Å². The van der Waals surface area contributed by atoms with Crippen LogP contribution in [-0.4, -0.2) is 57.9 Å². The minimum Gasteiger partial charge on any atom is -0.481 e. The van der Waals surface area contributed by atoms with Crippen LogP contribution in [0.1, 0.15) is 52.4 Å². The fraction of sp³-hybridized carbons (Fsp3) is 0.812. The number of aliphatic carboxylic acids is 1. The maximum Gasteiger partial charge on any atom is 0.308 e. The summed E-state index contributed by atoms with van der Waals surface area (Å²) in [5.41, 5.74) is 0. The fourth-order valence-corrected chi connectivity index (χ4v) is 3.62. The highest BCUT2D eigenvalue weighted by atomic mass is 16.4. The third-order valence-electron chi connectivity index (χ3n) is 4.93. The van der Waals surface area contributed by atoms with E-state index in [9.17, 15) is 19.5 Å². The quantitative estimate of drug-likeness (QED) is 0.853. The Hall–Kier alpha value is -1.59. The summed E-state index contributed by atoms with van der Waals surface area (Å²) in [6, 6.07) is -0.696. The fourth-order valence-electron chi connectivity index (χ4n) is 3.62. The summed E-state index contributed by atoms with van der Waals surface area (Å²) in [6.45, 7) is 4.87. The molecular formula is C16H26N2O4. The van der Waals surface area contributed by atoms with Crippen molar-refractivity contribution >= 4 is 17.8 Å². The van der Waals surface area contributed by atoms with Gasteiger partial charge in [-0.25, -0.2) is 0 Å². The predicted octanol–water partition coefficient (Wildman–Crippen LogP) is 1.49. The Kier molecular flexibility index (Phi) is 5.42. The summed E-state index contributed by atoms with van der Waals surface area (Å²) >= 11 is 0. The van der Waals surface area contributed by atoms with E-state index in [1.54, 1.807) is 16.7 Å². The van der Waals surface area contributed by atoms with Gasteiger partial charge in [-0.05, 0) is 39.0 Å². The number of nitrogens with zero attached hydrogens (tertiary/aromatic N) is 2. The van der Waals surface area contributed by atoms with Crippen LogP contribution in [0.15, 0.2) is 0 Å². The molecule has 6 nitrogen and oxygen atoms in total. The van der Waals surface area contributed by atoms with Crippen LogP contribution in [-0.2, 0) is 14.4 Å². The van der Waals surface area contributed by atoms with E-state index < -0.39 is 17.9 Å². The maximum atomic E-state index is 12.8. The van der Waals surface area contributed by atoms with Crippen LogP contribution in [0.25, 0.3) is 0 Å². The average molecular weight is 310 g/mol. The third kappa shape index (κ3) is 3.25. The Labute approximate surface area is 131 Å². The number of amides is 2. The van der Waals surface area contributed by atoms with Crippen molar-refractivity contribution in [2.75, 3.05) is 13.1 Å². The Balaban J connectivity index is 2.09. The molecule has 3 unspecified atom stereocenters. The molecule has 124 valence electrons. The van der Waals surface area contributed by atoms with E-state index in [0.29, 0.717) is 32.4 Å². The molecule has 22 heavy (non-hydrogen) atoms. The number of likely N-dealkylation sites (tertiary alicyclic amines) is 2. The van der Waals surface area contributed by atoms with Crippen molar-refractivity contribution in [1.29, 1.82) is 0 Å². The predicted molar refractivity (Wildman–Crippen MR) is 81.2 cm³/mol. The summed E-state index contributed by atoms with van der Waals surface area (Å²) in [7, 11) is 0. The van der Waals surface area contributed by atoms with Gasteiger partial charge in [0, 0.05) is 25.6 Å². The van der Waals surface area contributed by atoms with Crippen molar-refractivity contribution < 1.29 is 19.5 Å². The second-order valence-electron chi connectivity index (χ2n) is 6.35. The van der Waals surface area contributed by atoms with Gasteiger partial charge in [0.25, 0.3) is 0 Å². The first-order chi connectivity index (χ1) is 10.5. The van der Waals surface area contributed by atoms with Crippen molar-refractivity contribution in [1.82, 2.24) is 9.80 Å². The van der Waals surface area contributed by atoms with Gasteiger partial charge in [0.05, 0.1) is 5.92 Å². The SMILES string of the molecule is CCCC(=O)N1CCCCC1C(=O)N1CCC(C(=O)O)C1C. The van der Waals surface area contributed by atoms with Gasteiger partial charge in [-0.3, -0.25) is 14.4 Å². The molecule has 0 saturated carbocycles. The van der Waals surface area contributed by atoms with Crippen LogP contribution in [0.4, 0.5) is 0 Å². The Morgan fingerprint density at radius 2 is 1.82 bits per heavy atom. The molecule has 6 heteroatoms. The Morgan fingerprint density at radius 3 is 2.41 bits per heavy atom. The molecule has 2 heterocycles. The van der Waals surface area contributed by atoms with Gasteiger partial charge in [0.15, 0.2) is 0 Å². The van der Waals surface area contributed by atoms with Gasteiger partial charge in [-0.2, -0.15) is 0 Å². The largest absolute Gasteiger partial charge is 0.481 e. The molecule has 2 aliphatic heterocycles. The number of hydrogen-bond donors (Lipinski definition) is 1. The summed E-state index contributed by atoms with van der Waals surface area (Å²) < 4.78 is 0. The van der Waals surface area contributed by atoms with E-state index in [0.717, 1.165) is 19.3 Å². The average Bonchev–Trinajstić information content (AvgIpc) is 2.88. The van der Waals surface area contributed by atoms with Crippen molar-refractivity contribution in [3.8, 4) is 0 Å². The lowest BCUT2D eigenvalue weighted by molar-refractivity contribution is -0.149. The van der Waals surface area contributed by atoms with E-state index in [1.165, 1.54) is 0 Å². The number of carbonyl (C=O) groups excluding carboxylic acids is 2. The van der Waals surface area contributed by atoms with Crippen LogP contribution >= 0.6 is 0 Å². The van der Waals surface area contributed by atoms with Gasteiger partial charge in [-0.15, -0.1) is 0 Å². The number of carboxylic acids is 1. The topological polar surface area (TPSA) is 77.9 Å². The first-order valence-corrected chi connectivity index (χ1v) is 8.30. The number of carbonyl (C=O) groups is 3. The summed E-state index contributed by atoms with van der Waals surface area (Å²) in [5, 5.41) is 9.20. The highest BCUT2D eigenvalue weighted by Crippen LogP contribution is 2.28. The van der Waals surface area contributed by atoms with Gasteiger partial charge in [0.2, 0.25) is 11.8 Å². The van der Waals surface area contributed by atoms with Gasteiger partial charge in [0.1, 0.15) is 6.04 Å². The van der Waals surface area contributed by atoms with Gasteiger partial charge in [-0.1, -0.05) is 6.92 Å². The Morgan fingerprint density at radius 1 is 1.09 bits per heavy atom. The number of piperidine rings is 1. The van der Waals surface area contributed by atoms with E-state index in [-0.39, 0.29) is 17.9 Å². The second kappa shape index (κ2) is 7.11. The molecule has 2 saturated heterocycles. The molecule has 0 spiro atoms. The minimum atomic E-state index is -0.842. The molecule has 0 bridgehead atoms. The molecule has 0 aromatic carbocycles. The van der Waals surface area contributed by atoms with E-state index in [2.05, 4.69) is 0 Å². The molecule has 3 atom stereocenters. The summed E-state index contributed by atoms with van der Waals surface area (Å²) in [5.74, 6) is -1.36. The molecular weight excluding hydrogens is 284 g/mol. The number of rotatable bonds is 4. The highest BCUT2D eigenvalue weighted by Gasteiger charge is 2.42. The molecule has 2 fully saturated rings. The zero-order chi connectivity index (χ0) is 16.3. The lowest BCUT2D eigenvalue weighted by atomic mass is 9.98. The zero-order valence-electron chi connectivity index (χ0n) is 13.5. The number of carboxylic acid groups (broad SMARTS) is 1. The molecule has 0 aromatic heterocycles. The molecule has 2 amide bonds. The molecule has 2 aliphatic rings. The molecule has 0 aliphatic carbocycles. The van der Waals surface area contributed by atoms with Crippen LogP contribution in [0.2, 0.25) is 0 Å².